The van der Waals surface area contributed by atoms with Crippen molar-refractivity contribution in [1.82, 2.24) is 18.5 Å². The molecule has 1 aliphatic rings. The molecule has 0 saturated carbocycles. The van der Waals surface area contributed by atoms with Gasteiger partial charge in [-0.2, -0.15) is 8.61 Å². The molecule has 6 rings (SSSR count). The van der Waals surface area contributed by atoms with Gasteiger partial charge in [0.1, 0.15) is 0 Å². The van der Waals surface area contributed by atoms with Gasteiger partial charge in [-0.25, -0.2) is 16.8 Å². The Morgan fingerprint density at radius 3 is 1.59 bits per heavy atom. The normalized spacial score (nSPS) is 16.1. The number of rotatable bonds is 6. The molecule has 0 aliphatic carbocycles. The van der Waals surface area contributed by atoms with Gasteiger partial charge < -0.3 is 0 Å². The molecule has 238 valence electrons. The lowest BCUT2D eigenvalue weighted by Gasteiger charge is -2.31. The lowest BCUT2D eigenvalue weighted by molar-refractivity contribution is 0.219. The molecule has 5 aromatic rings. The standard InChI is InChI=1S/C36H38N4O4S2/c1-28-13-17-34(18-14-28)45(41,42)39-23-21-38(25-31-9-5-8-30-7-3-4-12-36(30)31)22-24-40(27-33-11-6-10-32(26-39)37-33)46(43,44)35-19-15-29(2)16-20-35/h3-20H,21-27H2,1-2H3. The van der Waals surface area contributed by atoms with Crippen LogP contribution in [0, 0.1) is 13.8 Å². The molecule has 1 aliphatic heterocycles. The Morgan fingerprint density at radius 1 is 0.565 bits per heavy atom. The summed E-state index contributed by atoms with van der Waals surface area (Å²) in [7, 11) is -7.68. The van der Waals surface area contributed by atoms with Crippen LogP contribution in [0.25, 0.3) is 10.8 Å². The van der Waals surface area contributed by atoms with Crippen LogP contribution in [0.4, 0.5) is 0 Å². The van der Waals surface area contributed by atoms with E-state index in [4.69, 9.17) is 4.98 Å². The Hall–Kier alpha value is -3.93. The number of hydrogen-bond donors (Lipinski definition) is 0. The van der Waals surface area contributed by atoms with Crippen LogP contribution in [0.3, 0.4) is 0 Å². The molecule has 2 bridgehead atoms. The van der Waals surface area contributed by atoms with Crippen LogP contribution in [-0.4, -0.2) is 61.5 Å². The molecule has 8 nitrogen and oxygen atoms in total. The summed E-state index contributed by atoms with van der Waals surface area (Å²) in [6.07, 6.45) is 0. The third-order valence-corrected chi connectivity index (χ3v) is 12.2. The van der Waals surface area contributed by atoms with Crippen molar-refractivity contribution in [2.75, 3.05) is 26.2 Å². The van der Waals surface area contributed by atoms with E-state index in [0.717, 1.165) is 27.5 Å². The summed E-state index contributed by atoms with van der Waals surface area (Å²) in [5.74, 6) is 0. The first kappa shape index (κ1) is 32.0. The first-order chi connectivity index (χ1) is 22.1. The molecular formula is C36H38N4O4S2. The molecule has 0 spiro atoms. The zero-order chi connectivity index (χ0) is 32.3. The number of pyridine rings is 1. The second-order valence-electron chi connectivity index (χ2n) is 11.8. The first-order valence-electron chi connectivity index (χ1n) is 15.4. The topological polar surface area (TPSA) is 90.9 Å². The predicted octanol–water partition coefficient (Wildman–Crippen LogP) is 5.75. The molecule has 4 aromatic carbocycles. The van der Waals surface area contributed by atoms with Gasteiger partial charge in [-0.3, -0.25) is 9.88 Å². The SMILES string of the molecule is Cc1ccc(S(=O)(=O)N2CCN(Cc3cccc4ccccc34)CCN(S(=O)(=O)c3ccc(C)cc3)Cc3cccc(n3)C2)cc1. The molecule has 0 unspecified atom stereocenters. The van der Waals surface area contributed by atoms with Crippen LogP contribution in [0.15, 0.2) is 119 Å². The molecule has 0 N–H and O–H groups in total. The van der Waals surface area contributed by atoms with Crippen LogP contribution in [-0.2, 0) is 39.7 Å². The van der Waals surface area contributed by atoms with Crippen molar-refractivity contribution in [3.8, 4) is 0 Å². The summed E-state index contributed by atoms with van der Waals surface area (Å²) in [6.45, 7) is 5.72. The maximum absolute atomic E-state index is 14.0. The lowest BCUT2D eigenvalue weighted by atomic mass is 10.0. The average Bonchev–Trinajstić information content (AvgIpc) is 3.04. The van der Waals surface area contributed by atoms with Gasteiger partial charge in [0.05, 0.1) is 34.3 Å². The largest absolute Gasteiger partial charge is 0.296 e. The highest BCUT2D eigenvalue weighted by Crippen LogP contribution is 2.24. The number of fused-ring (bicyclic) bond motifs is 3. The smallest absolute Gasteiger partial charge is 0.243 e. The van der Waals surface area contributed by atoms with E-state index < -0.39 is 20.0 Å². The summed E-state index contributed by atoms with van der Waals surface area (Å²) < 4.78 is 59.0. The number of benzene rings is 4. The third kappa shape index (κ3) is 7.06. The van der Waals surface area contributed by atoms with Crippen LogP contribution in [0.1, 0.15) is 28.1 Å². The molecule has 0 saturated heterocycles. The molecule has 1 aromatic heterocycles. The van der Waals surface area contributed by atoms with Crippen LogP contribution < -0.4 is 0 Å². The molecule has 2 heterocycles. The van der Waals surface area contributed by atoms with E-state index in [1.165, 1.54) is 8.61 Å². The fraction of sp³-hybridized carbons (Fsp3) is 0.250. The average molecular weight is 655 g/mol. The fourth-order valence-corrected chi connectivity index (χ4v) is 8.61. The highest BCUT2D eigenvalue weighted by atomic mass is 32.2. The van der Waals surface area contributed by atoms with Gasteiger partial charge >= 0.3 is 0 Å². The minimum atomic E-state index is -3.84. The summed E-state index contributed by atoms with van der Waals surface area (Å²) in [5.41, 5.74) is 4.17. The second-order valence-corrected chi connectivity index (χ2v) is 15.7. The highest BCUT2D eigenvalue weighted by Gasteiger charge is 2.29. The van der Waals surface area contributed by atoms with Crippen molar-refractivity contribution in [2.24, 2.45) is 0 Å². The molecule has 0 fully saturated rings. The van der Waals surface area contributed by atoms with Crippen molar-refractivity contribution in [3.05, 3.63) is 137 Å². The molecule has 46 heavy (non-hydrogen) atoms. The van der Waals surface area contributed by atoms with E-state index >= 15 is 0 Å². The van der Waals surface area contributed by atoms with Crippen molar-refractivity contribution in [1.29, 1.82) is 0 Å². The van der Waals surface area contributed by atoms with Gasteiger partial charge in [0.25, 0.3) is 0 Å². The number of nitrogens with zero attached hydrogens (tertiary/aromatic N) is 4. The fourth-order valence-electron chi connectivity index (χ4n) is 5.80. The Morgan fingerprint density at radius 2 is 1.04 bits per heavy atom. The quantitative estimate of drug-likeness (QED) is 0.232. The molecule has 0 radical (unpaired) electrons. The predicted molar refractivity (Wildman–Crippen MR) is 181 cm³/mol. The van der Waals surface area contributed by atoms with Gasteiger partial charge in [0.2, 0.25) is 20.0 Å². The van der Waals surface area contributed by atoms with E-state index in [9.17, 15) is 16.8 Å². The lowest BCUT2D eigenvalue weighted by Crippen LogP contribution is -2.43. The number of hydrogen-bond acceptors (Lipinski definition) is 6. The maximum Gasteiger partial charge on any atom is 0.243 e. The second kappa shape index (κ2) is 13.4. The van der Waals surface area contributed by atoms with Gasteiger partial charge in [-0.1, -0.05) is 83.9 Å². The van der Waals surface area contributed by atoms with Gasteiger partial charge in [0, 0.05) is 32.7 Å². The van der Waals surface area contributed by atoms with Crippen LogP contribution >= 0.6 is 0 Å². The molecule has 10 heteroatoms. The minimum absolute atomic E-state index is 0.0663. The van der Waals surface area contributed by atoms with Crippen LogP contribution in [0.2, 0.25) is 0 Å². The summed E-state index contributed by atoms with van der Waals surface area (Å²) >= 11 is 0. The molecule has 0 amide bonds. The van der Waals surface area contributed by atoms with E-state index in [1.807, 2.05) is 38.1 Å². The zero-order valence-electron chi connectivity index (χ0n) is 26.1. The van der Waals surface area contributed by atoms with Crippen molar-refractivity contribution < 1.29 is 16.8 Å². The van der Waals surface area contributed by atoms with Gasteiger partial charge in [0.15, 0.2) is 0 Å². The highest BCUT2D eigenvalue weighted by molar-refractivity contribution is 7.89. The molecule has 0 atom stereocenters. The molecular weight excluding hydrogens is 617 g/mol. The van der Waals surface area contributed by atoms with E-state index in [1.54, 1.807) is 60.7 Å². The Bertz CT molecular complexity index is 1940. The van der Waals surface area contributed by atoms with Crippen molar-refractivity contribution in [2.45, 2.75) is 43.3 Å². The third-order valence-electron chi connectivity index (χ3n) is 8.46. The van der Waals surface area contributed by atoms with E-state index in [-0.39, 0.29) is 36.0 Å². The number of sulfonamides is 2. The maximum atomic E-state index is 14.0. The first-order valence-corrected chi connectivity index (χ1v) is 18.2. The summed E-state index contributed by atoms with van der Waals surface area (Å²) in [5, 5.41) is 2.23. The minimum Gasteiger partial charge on any atom is -0.296 e. The van der Waals surface area contributed by atoms with E-state index in [0.29, 0.717) is 31.0 Å². The summed E-state index contributed by atoms with van der Waals surface area (Å²) in [4.78, 5) is 7.36. The summed E-state index contributed by atoms with van der Waals surface area (Å²) in [6, 6.07) is 33.5. The Labute approximate surface area is 272 Å². The van der Waals surface area contributed by atoms with Crippen molar-refractivity contribution in [3.63, 3.8) is 0 Å². The Balaban J connectivity index is 1.39. The Kier molecular flexibility index (Phi) is 9.35. The van der Waals surface area contributed by atoms with Crippen molar-refractivity contribution >= 4 is 30.8 Å². The van der Waals surface area contributed by atoms with Gasteiger partial charge in [-0.15, -0.1) is 0 Å². The number of aromatic nitrogens is 1. The monoisotopic (exact) mass is 654 g/mol. The zero-order valence-corrected chi connectivity index (χ0v) is 27.7. The van der Waals surface area contributed by atoms with Gasteiger partial charge in [-0.05, 0) is 66.6 Å². The number of aryl methyl sites for hydroxylation is 2. The van der Waals surface area contributed by atoms with Crippen LogP contribution in [0.5, 0.6) is 0 Å². The van der Waals surface area contributed by atoms with E-state index in [2.05, 4.69) is 29.2 Å².